The molecule has 0 spiro atoms. The lowest BCUT2D eigenvalue weighted by atomic mass is 9.96. The summed E-state index contributed by atoms with van der Waals surface area (Å²) < 4.78 is 92.5. The SMILES string of the molecule is COCCCc1cc(F)c(-c2ccc3c(F)c(CCc4ccc(OC(F)F)c(F)c4)ccc3c2)c(F)c1. The van der Waals surface area contributed by atoms with Crippen molar-refractivity contribution < 1.29 is 35.8 Å². The van der Waals surface area contributed by atoms with E-state index in [1.165, 1.54) is 36.4 Å². The van der Waals surface area contributed by atoms with Gasteiger partial charge < -0.3 is 9.47 Å². The fraction of sp³-hybridized carbons (Fsp3) is 0.241. The molecule has 0 saturated heterocycles. The Morgan fingerprint density at radius 3 is 2.14 bits per heavy atom. The molecule has 0 atom stereocenters. The van der Waals surface area contributed by atoms with Crippen LogP contribution in [0.1, 0.15) is 23.1 Å². The topological polar surface area (TPSA) is 18.5 Å². The van der Waals surface area contributed by atoms with Gasteiger partial charge in [0.25, 0.3) is 0 Å². The van der Waals surface area contributed by atoms with Crippen LogP contribution in [0.25, 0.3) is 21.9 Å². The van der Waals surface area contributed by atoms with Gasteiger partial charge in [-0.3, -0.25) is 0 Å². The number of methoxy groups -OCH3 is 1. The Kier molecular flexibility index (Phi) is 8.38. The summed E-state index contributed by atoms with van der Waals surface area (Å²) in [7, 11) is 1.56. The second-order valence-electron chi connectivity index (χ2n) is 8.65. The van der Waals surface area contributed by atoms with Gasteiger partial charge in [0.15, 0.2) is 11.6 Å². The van der Waals surface area contributed by atoms with Crippen LogP contribution < -0.4 is 4.74 Å². The van der Waals surface area contributed by atoms with Crippen LogP contribution in [-0.2, 0) is 24.0 Å². The Bertz CT molecular complexity index is 1380. The predicted octanol–water partition coefficient (Wildman–Crippen LogP) is 8.03. The van der Waals surface area contributed by atoms with E-state index in [0.29, 0.717) is 47.1 Å². The van der Waals surface area contributed by atoms with Crippen molar-refractivity contribution in [3.8, 4) is 16.9 Å². The van der Waals surface area contributed by atoms with E-state index < -0.39 is 35.6 Å². The van der Waals surface area contributed by atoms with Crippen molar-refractivity contribution >= 4 is 10.8 Å². The van der Waals surface area contributed by atoms with Crippen molar-refractivity contribution in [1.82, 2.24) is 0 Å². The number of benzene rings is 4. The maximum Gasteiger partial charge on any atom is 0.387 e. The van der Waals surface area contributed by atoms with Gasteiger partial charge in [-0.15, -0.1) is 0 Å². The van der Waals surface area contributed by atoms with E-state index in [-0.39, 0.29) is 23.8 Å². The Labute approximate surface area is 210 Å². The lowest BCUT2D eigenvalue weighted by Gasteiger charge is -2.12. The summed E-state index contributed by atoms with van der Waals surface area (Å²) >= 11 is 0. The molecule has 0 amide bonds. The fourth-order valence-electron chi connectivity index (χ4n) is 4.32. The number of alkyl halides is 2. The lowest BCUT2D eigenvalue weighted by molar-refractivity contribution is -0.0522. The van der Waals surface area contributed by atoms with E-state index >= 15 is 4.39 Å². The zero-order valence-electron chi connectivity index (χ0n) is 20.0. The van der Waals surface area contributed by atoms with E-state index in [9.17, 15) is 22.0 Å². The Morgan fingerprint density at radius 2 is 1.46 bits per heavy atom. The number of aryl methyl sites for hydroxylation is 3. The number of rotatable bonds is 10. The number of ether oxygens (including phenoxy) is 2. The normalized spacial score (nSPS) is 11.5. The fourth-order valence-corrected chi connectivity index (χ4v) is 4.32. The van der Waals surface area contributed by atoms with Crippen LogP contribution in [0, 0.1) is 23.3 Å². The highest BCUT2D eigenvalue weighted by molar-refractivity contribution is 5.88. The average molecular weight is 518 g/mol. The molecule has 0 aromatic heterocycles. The van der Waals surface area contributed by atoms with E-state index in [1.54, 1.807) is 19.2 Å². The highest BCUT2D eigenvalue weighted by atomic mass is 19.3. The monoisotopic (exact) mass is 518 g/mol. The van der Waals surface area contributed by atoms with Gasteiger partial charge in [-0.1, -0.05) is 30.3 Å². The maximum atomic E-state index is 15.2. The minimum absolute atomic E-state index is 0.178. The molecule has 4 aromatic carbocycles. The molecule has 0 heterocycles. The summed E-state index contributed by atoms with van der Waals surface area (Å²) in [6, 6.07) is 13.9. The minimum Gasteiger partial charge on any atom is -0.432 e. The molecule has 0 radical (unpaired) electrons. The Balaban J connectivity index is 1.53. The van der Waals surface area contributed by atoms with Crippen LogP contribution in [0.15, 0.2) is 60.7 Å². The molecule has 0 fully saturated rings. The molecular formula is C29H24F6O2. The van der Waals surface area contributed by atoms with Crippen molar-refractivity contribution in [3.63, 3.8) is 0 Å². The first-order valence-electron chi connectivity index (χ1n) is 11.7. The molecule has 194 valence electrons. The summed E-state index contributed by atoms with van der Waals surface area (Å²) in [6.45, 7) is -2.64. The predicted molar refractivity (Wildman–Crippen MR) is 130 cm³/mol. The van der Waals surface area contributed by atoms with Gasteiger partial charge in [0.05, 0.1) is 5.56 Å². The third kappa shape index (κ3) is 6.25. The molecule has 0 saturated carbocycles. The van der Waals surface area contributed by atoms with Crippen molar-refractivity contribution in [2.75, 3.05) is 13.7 Å². The van der Waals surface area contributed by atoms with Crippen LogP contribution >= 0.6 is 0 Å². The van der Waals surface area contributed by atoms with E-state index in [2.05, 4.69) is 4.74 Å². The quantitative estimate of drug-likeness (QED) is 0.156. The number of hydrogen-bond acceptors (Lipinski definition) is 2. The van der Waals surface area contributed by atoms with Crippen LogP contribution in [0.4, 0.5) is 26.3 Å². The molecule has 2 nitrogen and oxygen atoms in total. The van der Waals surface area contributed by atoms with Gasteiger partial charge in [-0.2, -0.15) is 8.78 Å². The summed E-state index contributed by atoms with van der Waals surface area (Å²) in [6.07, 6.45) is 1.61. The van der Waals surface area contributed by atoms with Gasteiger partial charge in [0, 0.05) is 19.1 Å². The molecule has 37 heavy (non-hydrogen) atoms. The third-order valence-corrected chi connectivity index (χ3v) is 6.13. The van der Waals surface area contributed by atoms with E-state index in [1.807, 2.05) is 0 Å². The smallest absolute Gasteiger partial charge is 0.387 e. The Morgan fingerprint density at radius 1 is 0.730 bits per heavy atom. The van der Waals surface area contributed by atoms with Crippen molar-refractivity contribution in [2.24, 2.45) is 0 Å². The van der Waals surface area contributed by atoms with Crippen molar-refractivity contribution in [1.29, 1.82) is 0 Å². The zero-order valence-corrected chi connectivity index (χ0v) is 20.0. The second-order valence-corrected chi connectivity index (χ2v) is 8.65. The minimum atomic E-state index is -3.13. The second kappa shape index (κ2) is 11.7. The van der Waals surface area contributed by atoms with Gasteiger partial charge in [0.2, 0.25) is 0 Å². The zero-order chi connectivity index (χ0) is 26.5. The molecule has 0 aliphatic rings. The molecule has 0 aliphatic carbocycles. The summed E-state index contributed by atoms with van der Waals surface area (Å²) in [5, 5.41) is 0.756. The Hall–Kier alpha value is -3.52. The molecular weight excluding hydrogens is 494 g/mol. The van der Waals surface area contributed by atoms with E-state index in [0.717, 1.165) is 12.1 Å². The largest absolute Gasteiger partial charge is 0.432 e. The first kappa shape index (κ1) is 26.5. The molecule has 0 aliphatic heterocycles. The molecule has 0 unspecified atom stereocenters. The van der Waals surface area contributed by atoms with Crippen LogP contribution in [-0.4, -0.2) is 20.3 Å². The highest BCUT2D eigenvalue weighted by Gasteiger charge is 2.16. The van der Waals surface area contributed by atoms with Gasteiger partial charge in [-0.25, -0.2) is 17.6 Å². The lowest BCUT2D eigenvalue weighted by Crippen LogP contribution is -2.04. The van der Waals surface area contributed by atoms with Gasteiger partial charge in [0.1, 0.15) is 17.5 Å². The average Bonchev–Trinajstić information content (AvgIpc) is 2.85. The maximum absolute atomic E-state index is 15.2. The molecule has 4 rings (SSSR count). The number of fused-ring (bicyclic) bond motifs is 1. The van der Waals surface area contributed by atoms with Crippen LogP contribution in [0.2, 0.25) is 0 Å². The summed E-state index contributed by atoms with van der Waals surface area (Å²) in [5.41, 5.74) is 1.50. The number of halogens is 6. The standard InChI is InChI=1S/C29H24F6O2/c1-36-12-2-3-18-14-24(31)27(25(32)15-18)21-9-10-22-20(16-21)8-7-19(28(22)33)6-4-17-5-11-26(23(30)13-17)37-29(34)35/h5,7-11,13-16,29H,2-4,6,12H2,1H3. The first-order chi connectivity index (χ1) is 17.8. The first-order valence-corrected chi connectivity index (χ1v) is 11.7. The van der Waals surface area contributed by atoms with Gasteiger partial charge in [-0.05, 0) is 83.7 Å². The van der Waals surface area contributed by atoms with Crippen LogP contribution in [0.3, 0.4) is 0 Å². The molecule has 0 bridgehead atoms. The third-order valence-electron chi connectivity index (χ3n) is 6.13. The molecule has 8 heteroatoms. The van der Waals surface area contributed by atoms with Crippen LogP contribution in [0.5, 0.6) is 5.75 Å². The number of hydrogen-bond donors (Lipinski definition) is 0. The summed E-state index contributed by atoms with van der Waals surface area (Å²) in [5.74, 6) is -3.36. The van der Waals surface area contributed by atoms with Crippen molar-refractivity contribution in [3.05, 3.63) is 101 Å². The van der Waals surface area contributed by atoms with Gasteiger partial charge >= 0.3 is 6.61 Å². The molecule has 0 N–H and O–H groups in total. The van der Waals surface area contributed by atoms with Crippen molar-refractivity contribution in [2.45, 2.75) is 32.3 Å². The molecule has 4 aromatic rings. The van der Waals surface area contributed by atoms with E-state index in [4.69, 9.17) is 4.74 Å². The highest BCUT2D eigenvalue weighted by Crippen LogP contribution is 2.32. The summed E-state index contributed by atoms with van der Waals surface area (Å²) in [4.78, 5) is 0.